The predicted molar refractivity (Wildman–Crippen MR) is 72.7 cm³/mol. The van der Waals surface area contributed by atoms with Gasteiger partial charge in [-0.3, -0.25) is 5.10 Å². The Balaban J connectivity index is 2.08. The molecule has 0 aliphatic rings. The average molecular weight is 278 g/mol. The molecule has 2 rings (SSSR count). The Hall–Kier alpha value is -2.57. The van der Waals surface area contributed by atoms with Crippen molar-refractivity contribution in [3.8, 4) is 0 Å². The monoisotopic (exact) mass is 278 g/mol. The van der Waals surface area contributed by atoms with Crippen molar-refractivity contribution < 1.29 is 13.9 Å². The molecule has 0 saturated heterocycles. The van der Waals surface area contributed by atoms with Gasteiger partial charge in [-0.15, -0.1) is 0 Å². The van der Waals surface area contributed by atoms with Gasteiger partial charge in [-0.05, 0) is 25.1 Å². The lowest BCUT2D eigenvalue weighted by atomic mass is 10.2. The van der Waals surface area contributed by atoms with Gasteiger partial charge in [0.05, 0.1) is 30.2 Å². The Labute approximate surface area is 115 Å². The number of esters is 1. The first-order valence-electron chi connectivity index (χ1n) is 6.10. The van der Waals surface area contributed by atoms with Gasteiger partial charge in [-0.2, -0.15) is 5.10 Å². The van der Waals surface area contributed by atoms with Gasteiger partial charge in [-0.1, -0.05) is 0 Å². The van der Waals surface area contributed by atoms with E-state index in [2.05, 4.69) is 15.5 Å². The van der Waals surface area contributed by atoms with E-state index >= 15 is 0 Å². The van der Waals surface area contributed by atoms with Crippen LogP contribution in [-0.4, -0.2) is 22.8 Å². The molecule has 6 nitrogen and oxygen atoms in total. The number of nitrogen functional groups attached to an aromatic ring is 1. The van der Waals surface area contributed by atoms with E-state index in [0.717, 1.165) is 0 Å². The minimum Gasteiger partial charge on any atom is -0.462 e. The zero-order valence-electron chi connectivity index (χ0n) is 10.9. The molecule has 0 unspecified atom stereocenters. The van der Waals surface area contributed by atoms with Gasteiger partial charge < -0.3 is 15.8 Å². The number of hydrogen-bond donors (Lipinski definition) is 3. The van der Waals surface area contributed by atoms with Crippen molar-refractivity contribution in [1.29, 1.82) is 0 Å². The first-order valence-corrected chi connectivity index (χ1v) is 6.10. The van der Waals surface area contributed by atoms with Crippen LogP contribution in [0, 0.1) is 5.82 Å². The number of anilines is 2. The Morgan fingerprint density at radius 1 is 1.55 bits per heavy atom. The summed E-state index contributed by atoms with van der Waals surface area (Å²) in [6, 6.07) is 4.05. The van der Waals surface area contributed by atoms with Crippen molar-refractivity contribution >= 4 is 17.3 Å². The van der Waals surface area contributed by atoms with Gasteiger partial charge in [0.25, 0.3) is 0 Å². The summed E-state index contributed by atoms with van der Waals surface area (Å²) in [6.07, 6.45) is 1.48. The normalized spacial score (nSPS) is 10.3. The summed E-state index contributed by atoms with van der Waals surface area (Å²) in [5.41, 5.74) is 7.42. The van der Waals surface area contributed by atoms with Crippen molar-refractivity contribution in [2.75, 3.05) is 17.7 Å². The number of nitrogens with one attached hydrogen (secondary N) is 2. The van der Waals surface area contributed by atoms with Crippen LogP contribution >= 0.6 is 0 Å². The van der Waals surface area contributed by atoms with Crippen molar-refractivity contribution in [3.63, 3.8) is 0 Å². The third-order valence-corrected chi connectivity index (χ3v) is 2.67. The molecule has 7 heteroatoms. The summed E-state index contributed by atoms with van der Waals surface area (Å²) >= 11 is 0. The van der Waals surface area contributed by atoms with Crippen LogP contribution in [0.1, 0.15) is 23.0 Å². The second-order valence-corrected chi connectivity index (χ2v) is 4.05. The quantitative estimate of drug-likeness (QED) is 0.574. The molecule has 0 atom stereocenters. The molecule has 0 fully saturated rings. The lowest BCUT2D eigenvalue weighted by Crippen LogP contribution is -2.10. The fourth-order valence-electron chi connectivity index (χ4n) is 1.71. The zero-order chi connectivity index (χ0) is 14.5. The van der Waals surface area contributed by atoms with Crippen molar-refractivity contribution in [2.24, 2.45) is 0 Å². The number of hydrogen-bond acceptors (Lipinski definition) is 5. The highest BCUT2D eigenvalue weighted by molar-refractivity contribution is 5.90. The lowest BCUT2D eigenvalue weighted by Gasteiger charge is -2.08. The van der Waals surface area contributed by atoms with Crippen LogP contribution in [0.5, 0.6) is 0 Å². The van der Waals surface area contributed by atoms with E-state index in [1.54, 1.807) is 6.92 Å². The van der Waals surface area contributed by atoms with Gasteiger partial charge in [0.1, 0.15) is 11.4 Å². The molecule has 1 heterocycles. The first-order chi connectivity index (χ1) is 9.61. The molecule has 0 spiro atoms. The summed E-state index contributed by atoms with van der Waals surface area (Å²) in [4.78, 5) is 11.7. The van der Waals surface area contributed by atoms with E-state index in [9.17, 15) is 9.18 Å². The molecule has 0 aliphatic heterocycles. The summed E-state index contributed by atoms with van der Waals surface area (Å²) in [7, 11) is 0. The van der Waals surface area contributed by atoms with E-state index in [-0.39, 0.29) is 6.54 Å². The number of ether oxygens (including phenoxy) is 1. The van der Waals surface area contributed by atoms with Crippen LogP contribution in [0.4, 0.5) is 15.8 Å². The van der Waals surface area contributed by atoms with E-state index in [0.29, 0.717) is 29.2 Å². The van der Waals surface area contributed by atoms with Crippen LogP contribution in [0.15, 0.2) is 24.4 Å². The number of nitrogens with zero attached hydrogens (tertiary/aromatic N) is 1. The van der Waals surface area contributed by atoms with E-state index in [1.807, 2.05) is 0 Å². The maximum absolute atomic E-state index is 12.9. The second kappa shape index (κ2) is 6.05. The number of carbonyl (C=O) groups excluding carboxylic acids is 1. The molecule has 1 aromatic heterocycles. The topological polar surface area (TPSA) is 93.0 Å². The molecular formula is C13H15FN4O2. The van der Waals surface area contributed by atoms with Crippen LogP contribution in [0.25, 0.3) is 0 Å². The van der Waals surface area contributed by atoms with Crippen LogP contribution in [-0.2, 0) is 11.3 Å². The summed E-state index contributed by atoms with van der Waals surface area (Å²) in [5.74, 6) is -0.842. The zero-order valence-corrected chi connectivity index (χ0v) is 10.9. The molecule has 106 valence electrons. The van der Waals surface area contributed by atoms with E-state index in [1.165, 1.54) is 24.4 Å². The molecule has 0 saturated carbocycles. The van der Waals surface area contributed by atoms with Crippen LogP contribution < -0.4 is 11.1 Å². The highest BCUT2D eigenvalue weighted by Crippen LogP contribution is 2.20. The number of halogens is 1. The smallest absolute Gasteiger partial charge is 0.341 e. The largest absolute Gasteiger partial charge is 0.462 e. The number of H-pyrrole nitrogens is 1. The van der Waals surface area contributed by atoms with Crippen LogP contribution in [0.3, 0.4) is 0 Å². The fraction of sp³-hybridized carbons (Fsp3) is 0.231. The van der Waals surface area contributed by atoms with Gasteiger partial charge in [0, 0.05) is 6.20 Å². The van der Waals surface area contributed by atoms with E-state index in [4.69, 9.17) is 10.5 Å². The van der Waals surface area contributed by atoms with Crippen LogP contribution in [0.2, 0.25) is 0 Å². The number of aromatic amines is 1. The maximum Gasteiger partial charge on any atom is 0.341 e. The summed E-state index contributed by atoms with van der Waals surface area (Å²) < 4.78 is 17.8. The molecule has 4 N–H and O–H groups in total. The Bertz CT molecular complexity index is 612. The first kappa shape index (κ1) is 13.9. The molecule has 0 bridgehead atoms. The lowest BCUT2D eigenvalue weighted by molar-refractivity contribution is 0.0525. The average Bonchev–Trinajstić information content (AvgIpc) is 2.86. The van der Waals surface area contributed by atoms with Crippen molar-refractivity contribution in [1.82, 2.24) is 10.2 Å². The standard InChI is InChI=1S/C13H15FN4O2/c1-2-20-13(19)9-6-17-18-12(9)7-16-11-4-3-8(14)5-10(11)15/h3-6,16H,2,7,15H2,1H3,(H,17,18). The second-order valence-electron chi connectivity index (χ2n) is 4.05. The molecular weight excluding hydrogens is 263 g/mol. The highest BCUT2D eigenvalue weighted by atomic mass is 19.1. The highest BCUT2D eigenvalue weighted by Gasteiger charge is 2.15. The Kier molecular flexibility index (Phi) is 4.19. The minimum absolute atomic E-state index is 0.271. The van der Waals surface area contributed by atoms with Gasteiger partial charge >= 0.3 is 5.97 Å². The number of nitrogens with two attached hydrogens (primary N) is 1. The predicted octanol–water partition coefficient (Wildman–Crippen LogP) is 1.92. The fourth-order valence-corrected chi connectivity index (χ4v) is 1.71. The van der Waals surface area contributed by atoms with Crippen molar-refractivity contribution in [2.45, 2.75) is 13.5 Å². The number of benzene rings is 1. The summed E-state index contributed by atoms with van der Waals surface area (Å²) in [6.45, 7) is 2.30. The maximum atomic E-state index is 12.9. The third-order valence-electron chi connectivity index (χ3n) is 2.67. The molecule has 0 amide bonds. The third kappa shape index (κ3) is 3.05. The number of aromatic nitrogens is 2. The molecule has 2 aromatic rings. The molecule has 0 radical (unpaired) electrons. The van der Waals surface area contributed by atoms with Gasteiger partial charge in [0.2, 0.25) is 0 Å². The SMILES string of the molecule is CCOC(=O)c1c[nH]nc1CNc1ccc(F)cc1N. The molecule has 0 aliphatic carbocycles. The van der Waals surface area contributed by atoms with Crippen molar-refractivity contribution in [3.05, 3.63) is 41.5 Å². The number of rotatable bonds is 5. The Morgan fingerprint density at radius 3 is 3.05 bits per heavy atom. The Morgan fingerprint density at radius 2 is 2.35 bits per heavy atom. The molecule has 1 aromatic carbocycles. The summed E-state index contributed by atoms with van der Waals surface area (Å²) in [5, 5.41) is 9.59. The van der Waals surface area contributed by atoms with Gasteiger partial charge in [-0.25, -0.2) is 9.18 Å². The van der Waals surface area contributed by atoms with Gasteiger partial charge in [0.15, 0.2) is 0 Å². The van der Waals surface area contributed by atoms with E-state index < -0.39 is 11.8 Å². The minimum atomic E-state index is -0.440. The molecule has 20 heavy (non-hydrogen) atoms. The number of carbonyl (C=O) groups is 1.